The molecule has 1 aromatic rings. The molecule has 0 aromatic heterocycles. The smallest absolute Gasteiger partial charge is 0.0633 e. The second kappa shape index (κ2) is 4.53. The van der Waals surface area contributed by atoms with Crippen LogP contribution in [0.15, 0.2) is 18.2 Å². The van der Waals surface area contributed by atoms with Crippen LogP contribution in [0.4, 0.5) is 0 Å². The first kappa shape index (κ1) is 12.5. The van der Waals surface area contributed by atoms with Gasteiger partial charge < -0.3 is 0 Å². The lowest BCUT2D eigenvalue weighted by Crippen LogP contribution is -2.05. The zero-order chi connectivity index (χ0) is 10.9. The van der Waals surface area contributed by atoms with Crippen molar-refractivity contribution in [3.63, 3.8) is 0 Å². The third-order valence-electron chi connectivity index (χ3n) is 2.18. The predicted octanol–water partition coefficient (Wildman–Crippen LogP) is 4.53. The molecule has 0 nitrogen and oxygen atoms in total. The van der Waals surface area contributed by atoms with Crippen LogP contribution in [0.2, 0.25) is 0 Å². The fraction of sp³-hybridized carbons (Fsp3) is 0.400. The van der Waals surface area contributed by atoms with E-state index in [1.165, 1.54) is 5.56 Å². The molecular weight excluding hydrogens is 254 g/mol. The van der Waals surface area contributed by atoms with Crippen LogP contribution in [0.5, 0.6) is 0 Å². The summed E-state index contributed by atoms with van der Waals surface area (Å²) in [6.45, 7) is 6.27. The second-order valence-electron chi connectivity index (χ2n) is 3.66. The molecule has 0 radical (unpaired) electrons. The quantitative estimate of drug-likeness (QED) is 0.709. The van der Waals surface area contributed by atoms with E-state index in [0.717, 1.165) is 10.9 Å². The van der Waals surface area contributed by atoms with Crippen LogP contribution in [0, 0.1) is 6.92 Å². The molecule has 0 aliphatic rings. The number of benzene rings is 1. The van der Waals surface area contributed by atoms with E-state index >= 15 is 0 Å². The van der Waals surface area contributed by atoms with E-state index in [-0.39, 0.29) is 0 Å². The summed E-state index contributed by atoms with van der Waals surface area (Å²) in [7, 11) is 0. The molecule has 0 amide bonds. The average molecular weight is 267 g/mol. The van der Waals surface area contributed by atoms with E-state index in [0.29, 0.717) is 5.92 Å². The van der Waals surface area contributed by atoms with Gasteiger partial charge in [0.15, 0.2) is 0 Å². The Bertz CT molecular complexity index is 382. The molecule has 0 heterocycles. The minimum Gasteiger partial charge on any atom is -0.0633 e. The molecule has 4 heteroatoms. The summed E-state index contributed by atoms with van der Waals surface area (Å²) in [5.41, 5.74) is 2.32. The highest BCUT2D eigenvalue weighted by Gasteiger charge is 2.16. The molecule has 0 aliphatic heterocycles. The van der Waals surface area contributed by atoms with E-state index in [4.69, 9.17) is 34.3 Å². The van der Waals surface area contributed by atoms with Gasteiger partial charge in [-0.15, -0.1) is 0 Å². The first-order chi connectivity index (χ1) is 6.32. The van der Waals surface area contributed by atoms with Crippen LogP contribution in [0.3, 0.4) is 0 Å². The van der Waals surface area contributed by atoms with Crippen LogP contribution in [0.25, 0.3) is 0 Å². The van der Waals surface area contributed by atoms with Gasteiger partial charge in [-0.25, -0.2) is 0 Å². The lowest BCUT2D eigenvalue weighted by molar-refractivity contribution is 0.867. The summed E-state index contributed by atoms with van der Waals surface area (Å²) < 4.78 is -2.34. The zero-order valence-electron chi connectivity index (χ0n) is 8.42. The topological polar surface area (TPSA) is 0 Å². The monoisotopic (exact) mass is 266 g/mol. The van der Waals surface area contributed by atoms with Crippen molar-refractivity contribution >= 4 is 44.3 Å². The standard InChI is InChI=1S/C10H13Cl2PS/c1-7(2)9-5-4-8(3)10(6-9)13(11,12)14/h4-7H,1-3H3. The Morgan fingerprint density at radius 2 is 1.86 bits per heavy atom. The van der Waals surface area contributed by atoms with Gasteiger partial charge in [-0.3, -0.25) is 0 Å². The highest BCUT2D eigenvalue weighted by molar-refractivity contribution is 8.42. The molecule has 78 valence electrons. The summed E-state index contributed by atoms with van der Waals surface area (Å²) in [6.07, 6.45) is 0. The molecule has 0 unspecified atom stereocenters. The molecule has 0 fully saturated rings. The molecule has 0 aliphatic carbocycles. The van der Waals surface area contributed by atoms with Gasteiger partial charge in [0, 0.05) is 5.30 Å². The summed E-state index contributed by atoms with van der Waals surface area (Å²) in [6, 6.07) is 6.18. The lowest BCUT2D eigenvalue weighted by atomic mass is 10.0. The molecule has 0 atom stereocenters. The maximum atomic E-state index is 6.03. The molecule has 1 aromatic carbocycles. The zero-order valence-corrected chi connectivity index (χ0v) is 11.6. The van der Waals surface area contributed by atoms with Crippen molar-refractivity contribution in [2.75, 3.05) is 0 Å². The normalized spacial score (nSPS) is 12.1. The van der Waals surface area contributed by atoms with Gasteiger partial charge in [0.05, 0.1) is 0 Å². The Labute approximate surface area is 100 Å². The fourth-order valence-corrected chi connectivity index (χ4v) is 3.73. The Kier molecular flexibility index (Phi) is 4.05. The maximum absolute atomic E-state index is 6.03. The van der Waals surface area contributed by atoms with Crippen LogP contribution >= 0.6 is 27.2 Å². The molecular formula is C10H13Cl2PS. The first-order valence-corrected chi connectivity index (χ1v) is 9.04. The molecule has 0 N–H and O–H groups in total. The van der Waals surface area contributed by atoms with Gasteiger partial charge in [0.2, 0.25) is 0 Å². The highest BCUT2D eigenvalue weighted by Crippen LogP contribution is 2.56. The fourth-order valence-electron chi connectivity index (χ4n) is 1.27. The minimum atomic E-state index is -2.34. The highest BCUT2D eigenvalue weighted by atomic mass is 35.9. The first-order valence-electron chi connectivity index (χ1n) is 4.43. The van der Waals surface area contributed by atoms with Crippen LogP contribution < -0.4 is 5.30 Å². The van der Waals surface area contributed by atoms with E-state index in [2.05, 4.69) is 19.9 Å². The minimum absolute atomic E-state index is 0.476. The van der Waals surface area contributed by atoms with Crippen molar-refractivity contribution < 1.29 is 0 Å². The molecule has 0 saturated heterocycles. The molecule has 0 saturated carbocycles. The molecule has 0 spiro atoms. The van der Waals surface area contributed by atoms with E-state index in [9.17, 15) is 0 Å². The maximum Gasteiger partial charge on any atom is 0.147 e. The second-order valence-corrected chi connectivity index (χ2v) is 11.5. The van der Waals surface area contributed by atoms with Gasteiger partial charge >= 0.3 is 0 Å². The van der Waals surface area contributed by atoms with Gasteiger partial charge in [0.25, 0.3) is 0 Å². The Hall–Kier alpha value is 0.450. The predicted molar refractivity (Wildman–Crippen MR) is 70.9 cm³/mol. The van der Waals surface area contributed by atoms with Gasteiger partial charge in [-0.1, -0.05) is 60.3 Å². The molecule has 0 bridgehead atoms. The number of halogens is 2. The summed E-state index contributed by atoms with van der Waals surface area (Å²) in [4.78, 5) is 0. The Balaban J connectivity index is 3.29. The third kappa shape index (κ3) is 2.97. The summed E-state index contributed by atoms with van der Waals surface area (Å²) in [5.74, 6) is 0.476. The van der Waals surface area contributed by atoms with Gasteiger partial charge in [0.1, 0.15) is 4.74 Å². The third-order valence-corrected chi connectivity index (χ3v) is 4.91. The van der Waals surface area contributed by atoms with Crippen molar-refractivity contribution in [2.24, 2.45) is 0 Å². The summed E-state index contributed by atoms with van der Waals surface area (Å²) in [5, 5.41) is 0.932. The van der Waals surface area contributed by atoms with Crippen LogP contribution in [-0.2, 0) is 11.8 Å². The Morgan fingerprint density at radius 3 is 2.29 bits per heavy atom. The SMILES string of the molecule is Cc1ccc(C(C)C)cc1P(=S)(Cl)Cl. The molecule has 1 rings (SSSR count). The number of hydrogen-bond acceptors (Lipinski definition) is 1. The van der Waals surface area contributed by atoms with Crippen LogP contribution in [-0.4, -0.2) is 0 Å². The number of rotatable bonds is 2. The number of aryl methyl sites for hydroxylation is 1. The van der Waals surface area contributed by atoms with Crippen molar-refractivity contribution in [3.05, 3.63) is 29.3 Å². The lowest BCUT2D eigenvalue weighted by Gasteiger charge is -2.13. The van der Waals surface area contributed by atoms with Crippen molar-refractivity contribution in [2.45, 2.75) is 26.7 Å². The molecule has 14 heavy (non-hydrogen) atoms. The van der Waals surface area contributed by atoms with E-state index in [1.54, 1.807) is 0 Å². The van der Waals surface area contributed by atoms with E-state index in [1.807, 2.05) is 19.1 Å². The van der Waals surface area contributed by atoms with Crippen LogP contribution in [0.1, 0.15) is 30.9 Å². The van der Waals surface area contributed by atoms with Gasteiger partial charge in [-0.2, -0.15) is 0 Å². The largest absolute Gasteiger partial charge is 0.147 e. The summed E-state index contributed by atoms with van der Waals surface area (Å²) >= 11 is 17.2. The van der Waals surface area contributed by atoms with Crippen molar-refractivity contribution in [1.82, 2.24) is 0 Å². The van der Waals surface area contributed by atoms with Crippen molar-refractivity contribution in [3.8, 4) is 0 Å². The Morgan fingerprint density at radius 1 is 1.29 bits per heavy atom. The average Bonchev–Trinajstić information content (AvgIpc) is 2.02. The van der Waals surface area contributed by atoms with Gasteiger partial charge in [-0.05, 0) is 30.0 Å². The van der Waals surface area contributed by atoms with Crippen molar-refractivity contribution in [1.29, 1.82) is 0 Å². The number of hydrogen-bond donors (Lipinski definition) is 0. The van der Waals surface area contributed by atoms with E-state index < -0.39 is 4.74 Å².